The molecular weight excluding hydrogens is 456 g/mol. The molecule has 0 saturated carbocycles. The van der Waals surface area contributed by atoms with Gasteiger partial charge in [0.25, 0.3) is 5.91 Å². The Morgan fingerprint density at radius 3 is 2.00 bits per heavy atom. The van der Waals surface area contributed by atoms with Gasteiger partial charge in [-0.2, -0.15) is 0 Å². The van der Waals surface area contributed by atoms with Gasteiger partial charge in [-0.15, -0.1) is 11.3 Å². The third-order valence-corrected chi connectivity index (χ3v) is 6.87. The van der Waals surface area contributed by atoms with Crippen molar-refractivity contribution in [3.63, 3.8) is 0 Å². The Morgan fingerprint density at radius 2 is 1.47 bits per heavy atom. The molecule has 0 unspecified atom stereocenters. The average Bonchev–Trinajstić information content (AvgIpc) is 3.40. The topological polar surface area (TPSA) is 52.7 Å². The molecule has 5 nitrogen and oxygen atoms in total. The average molecular weight is 484 g/mol. The molecule has 0 aliphatic carbocycles. The highest BCUT2D eigenvalue weighted by molar-refractivity contribution is 7.12. The van der Waals surface area contributed by atoms with E-state index < -0.39 is 0 Å². The fourth-order valence-corrected chi connectivity index (χ4v) is 4.87. The third-order valence-electron chi connectivity index (χ3n) is 6.00. The lowest BCUT2D eigenvalue weighted by Gasteiger charge is -2.40. The van der Waals surface area contributed by atoms with E-state index in [4.69, 9.17) is 0 Å². The largest absolute Gasteiger partial charge is 0.351 e. The molecule has 1 saturated heterocycles. The van der Waals surface area contributed by atoms with Gasteiger partial charge < -0.3 is 10.2 Å². The summed E-state index contributed by atoms with van der Waals surface area (Å²) < 4.78 is 27.0. The second-order valence-electron chi connectivity index (χ2n) is 8.26. The summed E-state index contributed by atoms with van der Waals surface area (Å²) in [7, 11) is 0. The molecule has 1 aliphatic heterocycles. The molecule has 4 rings (SSSR count). The Balaban J connectivity index is 1.31. The van der Waals surface area contributed by atoms with Gasteiger partial charge in [0.2, 0.25) is 5.91 Å². The molecule has 0 atom stereocenters. The number of nitrogens with zero attached hydrogens (tertiary/aromatic N) is 2. The quantitative estimate of drug-likeness (QED) is 0.481. The van der Waals surface area contributed by atoms with Crippen LogP contribution < -0.4 is 5.32 Å². The smallest absolute Gasteiger partial charge is 0.261 e. The van der Waals surface area contributed by atoms with Gasteiger partial charge in [0.05, 0.1) is 10.9 Å². The number of piperazine rings is 1. The first-order chi connectivity index (χ1) is 16.5. The first-order valence-electron chi connectivity index (χ1n) is 11.4. The first kappa shape index (κ1) is 24.0. The summed E-state index contributed by atoms with van der Waals surface area (Å²) in [5, 5.41) is 4.70. The number of rotatable bonds is 8. The van der Waals surface area contributed by atoms with Crippen molar-refractivity contribution >= 4 is 23.2 Å². The number of benzene rings is 2. The number of nitrogens with one attached hydrogen (secondary N) is 1. The molecule has 0 bridgehead atoms. The van der Waals surface area contributed by atoms with Gasteiger partial charge in [0.1, 0.15) is 11.6 Å². The Hall–Kier alpha value is -3.10. The van der Waals surface area contributed by atoms with Crippen LogP contribution in [0.5, 0.6) is 0 Å². The van der Waals surface area contributed by atoms with Crippen LogP contribution >= 0.6 is 11.3 Å². The van der Waals surface area contributed by atoms with Crippen LogP contribution in [0.2, 0.25) is 0 Å². The summed E-state index contributed by atoms with van der Waals surface area (Å²) in [6, 6.07) is 16.2. The zero-order chi connectivity index (χ0) is 23.9. The van der Waals surface area contributed by atoms with Crippen LogP contribution in [0.25, 0.3) is 0 Å². The van der Waals surface area contributed by atoms with E-state index in [1.807, 2.05) is 16.3 Å². The van der Waals surface area contributed by atoms with Gasteiger partial charge in [-0.1, -0.05) is 30.3 Å². The zero-order valence-electron chi connectivity index (χ0n) is 18.8. The van der Waals surface area contributed by atoms with Crippen LogP contribution in [-0.4, -0.2) is 54.3 Å². The summed E-state index contributed by atoms with van der Waals surface area (Å²) in [6.45, 7) is 2.93. The predicted octanol–water partition coefficient (Wildman–Crippen LogP) is 4.47. The number of hydrogen-bond donors (Lipinski definition) is 1. The minimum absolute atomic E-state index is 0.0742. The Labute approximate surface area is 202 Å². The van der Waals surface area contributed by atoms with E-state index >= 15 is 0 Å². The molecule has 178 valence electrons. The Morgan fingerprint density at radius 1 is 0.882 bits per heavy atom. The molecule has 1 fully saturated rings. The van der Waals surface area contributed by atoms with Gasteiger partial charge in [-0.3, -0.25) is 14.5 Å². The molecular formula is C26H27F2N3O2S. The van der Waals surface area contributed by atoms with Crippen molar-refractivity contribution in [1.29, 1.82) is 0 Å². The van der Waals surface area contributed by atoms with Crippen molar-refractivity contribution in [1.82, 2.24) is 15.1 Å². The Bertz CT molecular complexity index is 1030. The van der Waals surface area contributed by atoms with Crippen LogP contribution in [-0.2, 0) is 4.79 Å². The maximum Gasteiger partial charge on any atom is 0.261 e. The molecule has 0 radical (unpaired) electrons. The molecule has 0 spiro atoms. The van der Waals surface area contributed by atoms with Crippen molar-refractivity contribution in [2.75, 3.05) is 32.7 Å². The van der Waals surface area contributed by atoms with Gasteiger partial charge in [-0.05, 0) is 53.3 Å². The van der Waals surface area contributed by atoms with E-state index in [1.54, 1.807) is 30.3 Å². The molecule has 1 aromatic heterocycles. The second kappa shape index (κ2) is 11.4. The van der Waals surface area contributed by atoms with E-state index in [1.165, 1.54) is 35.6 Å². The normalized spacial score (nSPS) is 14.4. The van der Waals surface area contributed by atoms with Crippen molar-refractivity contribution in [2.24, 2.45) is 0 Å². The molecule has 3 aromatic rings. The van der Waals surface area contributed by atoms with Gasteiger partial charge in [0, 0.05) is 39.1 Å². The standard InChI is InChI=1S/C26H27F2N3O2S/c27-21-9-5-19(6-10-21)25(20-7-11-22(28)12-8-20)31-16-14-30(15-17-31)24(32)4-1-13-29-26(33)23-3-2-18-34-23/h2-3,5-12,18,25H,1,4,13-17H2,(H,29,33). The van der Waals surface area contributed by atoms with Crippen molar-refractivity contribution in [2.45, 2.75) is 18.9 Å². The van der Waals surface area contributed by atoms with Crippen LogP contribution in [0, 0.1) is 11.6 Å². The molecule has 2 aromatic carbocycles. The lowest BCUT2D eigenvalue weighted by molar-refractivity contribution is -0.133. The van der Waals surface area contributed by atoms with Crippen LogP contribution in [0.3, 0.4) is 0 Å². The first-order valence-corrected chi connectivity index (χ1v) is 12.2. The van der Waals surface area contributed by atoms with Crippen molar-refractivity contribution in [3.05, 3.63) is 93.7 Å². The predicted molar refractivity (Wildman–Crippen MR) is 129 cm³/mol. The Kier molecular flexibility index (Phi) is 8.03. The number of halogens is 2. The molecule has 1 aliphatic rings. The highest BCUT2D eigenvalue weighted by atomic mass is 32.1. The lowest BCUT2D eigenvalue weighted by Crippen LogP contribution is -2.49. The highest BCUT2D eigenvalue weighted by Gasteiger charge is 2.28. The van der Waals surface area contributed by atoms with Gasteiger partial charge >= 0.3 is 0 Å². The number of carbonyl (C=O) groups excluding carboxylic acids is 2. The van der Waals surface area contributed by atoms with Crippen LogP contribution in [0.1, 0.15) is 39.7 Å². The molecule has 8 heteroatoms. The van der Waals surface area contributed by atoms with E-state index in [0.29, 0.717) is 50.4 Å². The van der Waals surface area contributed by atoms with E-state index in [0.717, 1.165) is 11.1 Å². The van der Waals surface area contributed by atoms with Crippen LogP contribution in [0.15, 0.2) is 66.0 Å². The van der Waals surface area contributed by atoms with Crippen molar-refractivity contribution in [3.8, 4) is 0 Å². The number of amides is 2. The molecule has 2 amide bonds. The molecule has 34 heavy (non-hydrogen) atoms. The van der Waals surface area contributed by atoms with E-state index in [2.05, 4.69) is 10.2 Å². The highest BCUT2D eigenvalue weighted by Crippen LogP contribution is 2.30. The fourth-order valence-electron chi connectivity index (χ4n) is 4.23. The summed E-state index contributed by atoms with van der Waals surface area (Å²) >= 11 is 1.39. The van der Waals surface area contributed by atoms with Crippen LogP contribution in [0.4, 0.5) is 8.78 Å². The van der Waals surface area contributed by atoms with E-state index in [-0.39, 0.29) is 29.5 Å². The maximum atomic E-state index is 13.5. The second-order valence-corrected chi connectivity index (χ2v) is 9.21. The summed E-state index contributed by atoms with van der Waals surface area (Å²) in [5.41, 5.74) is 1.85. The molecule has 2 heterocycles. The minimum Gasteiger partial charge on any atom is -0.351 e. The fraction of sp³-hybridized carbons (Fsp3) is 0.308. The summed E-state index contributed by atoms with van der Waals surface area (Å²) in [4.78, 5) is 29.4. The van der Waals surface area contributed by atoms with Crippen molar-refractivity contribution < 1.29 is 18.4 Å². The lowest BCUT2D eigenvalue weighted by atomic mass is 9.96. The van der Waals surface area contributed by atoms with E-state index in [9.17, 15) is 18.4 Å². The van der Waals surface area contributed by atoms with Gasteiger partial charge in [0.15, 0.2) is 0 Å². The SMILES string of the molecule is O=C(NCCCC(=O)N1CCN(C(c2ccc(F)cc2)c2ccc(F)cc2)CC1)c1cccs1. The molecule has 1 N–H and O–H groups in total. The maximum absolute atomic E-state index is 13.5. The number of carbonyl (C=O) groups is 2. The summed E-state index contributed by atoms with van der Waals surface area (Å²) in [5.74, 6) is -0.638. The monoisotopic (exact) mass is 483 g/mol. The zero-order valence-corrected chi connectivity index (χ0v) is 19.6. The summed E-state index contributed by atoms with van der Waals surface area (Å²) in [6.07, 6.45) is 0.966. The minimum atomic E-state index is -0.302. The third kappa shape index (κ3) is 6.07. The van der Waals surface area contributed by atoms with Gasteiger partial charge in [-0.25, -0.2) is 8.78 Å². The number of thiophene rings is 1. The number of hydrogen-bond acceptors (Lipinski definition) is 4.